The molecule has 0 heterocycles. The monoisotopic (exact) mass is 338 g/mol. The molecule has 0 aliphatic heterocycles. The van der Waals surface area contributed by atoms with Gasteiger partial charge in [-0.1, -0.05) is 70.9 Å². The summed E-state index contributed by atoms with van der Waals surface area (Å²) in [6, 6.07) is 15.6. The maximum Gasteiger partial charge on any atom is 0.0818 e. The fourth-order valence-electron chi connectivity index (χ4n) is 2.12. The van der Waals surface area contributed by atoms with Crippen molar-refractivity contribution in [2.45, 2.75) is 19.4 Å². The molecule has 1 N–H and O–H groups in total. The molecule has 0 aliphatic carbocycles. The zero-order valence-corrected chi connectivity index (χ0v) is 13.0. The average Bonchev–Trinajstić information content (AvgIpc) is 2.42. The Morgan fingerprint density at radius 3 is 2.47 bits per heavy atom. The van der Waals surface area contributed by atoms with E-state index in [0.29, 0.717) is 0 Å². The van der Waals surface area contributed by atoms with E-state index in [-0.39, 0.29) is 5.92 Å². The highest BCUT2D eigenvalue weighted by Crippen LogP contribution is 2.29. The molecule has 0 radical (unpaired) electrons. The van der Waals surface area contributed by atoms with Gasteiger partial charge in [-0.2, -0.15) is 0 Å². The Balaban J connectivity index is 2.10. The SMILES string of the molecule is CC(Cc1ccc(Br)cc1Cl)C(O)c1ccccc1. The number of benzene rings is 2. The van der Waals surface area contributed by atoms with Gasteiger partial charge in [0.2, 0.25) is 0 Å². The predicted molar refractivity (Wildman–Crippen MR) is 83.4 cm³/mol. The van der Waals surface area contributed by atoms with Crippen LogP contribution in [0.2, 0.25) is 5.02 Å². The van der Waals surface area contributed by atoms with Crippen molar-refractivity contribution < 1.29 is 5.11 Å². The minimum Gasteiger partial charge on any atom is -0.388 e. The normalized spacial score (nSPS) is 14.1. The van der Waals surface area contributed by atoms with Crippen molar-refractivity contribution in [1.29, 1.82) is 0 Å². The Kier molecular flexibility index (Phi) is 5.03. The van der Waals surface area contributed by atoms with Gasteiger partial charge in [0.05, 0.1) is 6.10 Å². The first-order valence-corrected chi connectivity index (χ1v) is 7.42. The molecular weight excluding hydrogens is 324 g/mol. The van der Waals surface area contributed by atoms with E-state index in [1.54, 1.807) is 0 Å². The van der Waals surface area contributed by atoms with Gasteiger partial charge in [0.1, 0.15) is 0 Å². The molecule has 0 bridgehead atoms. The molecule has 2 aromatic rings. The van der Waals surface area contributed by atoms with E-state index in [4.69, 9.17) is 11.6 Å². The molecular formula is C16H16BrClO. The van der Waals surface area contributed by atoms with E-state index >= 15 is 0 Å². The molecule has 3 heteroatoms. The maximum absolute atomic E-state index is 10.3. The zero-order chi connectivity index (χ0) is 13.8. The van der Waals surface area contributed by atoms with Gasteiger partial charge < -0.3 is 5.11 Å². The second kappa shape index (κ2) is 6.56. The third-order valence-electron chi connectivity index (χ3n) is 3.24. The molecule has 2 aromatic carbocycles. The predicted octanol–water partition coefficient (Wildman–Crippen LogP) is 5.01. The molecule has 0 aromatic heterocycles. The van der Waals surface area contributed by atoms with Crippen molar-refractivity contribution in [2.75, 3.05) is 0 Å². The lowest BCUT2D eigenvalue weighted by Crippen LogP contribution is -2.12. The molecule has 0 spiro atoms. The quantitative estimate of drug-likeness (QED) is 0.829. The van der Waals surface area contributed by atoms with Crippen molar-refractivity contribution in [1.82, 2.24) is 0 Å². The summed E-state index contributed by atoms with van der Waals surface area (Å²) in [5.41, 5.74) is 2.01. The summed E-state index contributed by atoms with van der Waals surface area (Å²) in [4.78, 5) is 0. The number of hydrogen-bond acceptors (Lipinski definition) is 1. The van der Waals surface area contributed by atoms with Crippen LogP contribution >= 0.6 is 27.5 Å². The van der Waals surface area contributed by atoms with Gasteiger partial charge in [-0.25, -0.2) is 0 Å². The molecule has 0 aliphatic rings. The van der Waals surface area contributed by atoms with E-state index in [9.17, 15) is 5.11 Å². The molecule has 0 amide bonds. The van der Waals surface area contributed by atoms with Crippen LogP contribution in [0.3, 0.4) is 0 Å². The van der Waals surface area contributed by atoms with E-state index in [0.717, 1.165) is 27.0 Å². The summed E-state index contributed by atoms with van der Waals surface area (Å²) >= 11 is 9.61. The van der Waals surface area contributed by atoms with Crippen molar-refractivity contribution in [3.8, 4) is 0 Å². The summed E-state index contributed by atoms with van der Waals surface area (Å²) in [5.74, 6) is 0.112. The molecule has 0 saturated carbocycles. The molecule has 2 atom stereocenters. The molecule has 0 fully saturated rings. The fraction of sp³-hybridized carbons (Fsp3) is 0.250. The molecule has 0 saturated heterocycles. The number of halogens is 2. The van der Waals surface area contributed by atoms with E-state index in [2.05, 4.69) is 15.9 Å². The smallest absolute Gasteiger partial charge is 0.0818 e. The van der Waals surface area contributed by atoms with Crippen LogP contribution in [0.5, 0.6) is 0 Å². The first kappa shape index (κ1) is 14.6. The van der Waals surface area contributed by atoms with Gasteiger partial charge in [0.15, 0.2) is 0 Å². The standard InChI is InChI=1S/C16H16BrClO/c1-11(16(19)12-5-3-2-4-6-12)9-13-7-8-14(17)10-15(13)18/h2-8,10-11,16,19H,9H2,1H3. The Bertz CT molecular complexity index is 542. The van der Waals surface area contributed by atoms with Gasteiger partial charge in [-0.15, -0.1) is 0 Å². The van der Waals surface area contributed by atoms with Crippen molar-refractivity contribution in [3.63, 3.8) is 0 Å². The lowest BCUT2D eigenvalue weighted by Gasteiger charge is -2.20. The molecule has 19 heavy (non-hydrogen) atoms. The zero-order valence-electron chi connectivity index (χ0n) is 10.7. The molecule has 2 rings (SSSR count). The van der Waals surface area contributed by atoms with Crippen molar-refractivity contribution >= 4 is 27.5 Å². The summed E-state index contributed by atoms with van der Waals surface area (Å²) in [6.45, 7) is 2.04. The van der Waals surface area contributed by atoms with Crippen LogP contribution in [0.1, 0.15) is 24.2 Å². The summed E-state index contributed by atoms with van der Waals surface area (Å²) in [5, 5.41) is 11.1. The maximum atomic E-state index is 10.3. The van der Waals surface area contributed by atoms with Gasteiger partial charge in [-0.3, -0.25) is 0 Å². The van der Waals surface area contributed by atoms with Crippen LogP contribution in [0.25, 0.3) is 0 Å². The van der Waals surface area contributed by atoms with E-state index in [1.165, 1.54) is 0 Å². The van der Waals surface area contributed by atoms with Gasteiger partial charge in [-0.05, 0) is 35.6 Å². The summed E-state index contributed by atoms with van der Waals surface area (Å²) in [6.07, 6.45) is 0.281. The van der Waals surface area contributed by atoms with Crippen LogP contribution in [-0.4, -0.2) is 5.11 Å². The molecule has 100 valence electrons. The van der Waals surface area contributed by atoms with Crippen molar-refractivity contribution in [3.05, 3.63) is 69.2 Å². The first-order chi connectivity index (χ1) is 9.08. The highest BCUT2D eigenvalue weighted by Gasteiger charge is 2.17. The van der Waals surface area contributed by atoms with Gasteiger partial charge >= 0.3 is 0 Å². The van der Waals surface area contributed by atoms with Crippen LogP contribution in [0, 0.1) is 5.92 Å². The van der Waals surface area contributed by atoms with E-state index in [1.807, 2.05) is 55.5 Å². The van der Waals surface area contributed by atoms with Gasteiger partial charge in [0, 0.05) is 9.50 Å². The fourth-order valence-corrected chi connectivity index (χ4v) is 2.88. The minimum atomic E-state index is -0.471. The Hall–Kier alpha value is -0.830. The second-order valence-corrected chi connectivity index (χ2v) is 6.10. The number of hydrogen-bond donors (Lipinski definition) is 1. The number of aliphatic hydroxyl groups excluding tert-OH is 1. The highest BCUT2D eigenvalue weighted by atomic mass is 79.9. The third kappa shape index (κ3) is 3.82. The van der Waals surface area contributed by atoms with Crippen molar-refractivity contribution in [2.24, 2.45) is 5.92 Å². The van der Waals surface area contributed by atoms with Gasteiger partial charge in [0.25, 0.3) is 0 Å². The number of rotatable bonds is 4. The lowest BCUT2D eigenvalue weighted by molar-refractivity contribution is 0.117. The summed E-state index contributed by atoms with van der Waals surface area (Å²) in [7, 11) is 0. The lowest BCUT2D eigenvalue weighted by atomic mass is 9.91. The minimum absolute atomic E-state index is 0.112. The highest BCUT2D eigenvalue weighted by molar-refractivity contribution is 9.10. The third-order valence-corrected chi connectivity index (χ3v) is 4.08. The van der Waals surface area contributed by atoms with E-state index < -0.39 is 6.10 Å². The van der Waals surface area contributed by atoms with Crippen LogP contribution in [0.15, 0.2) is 53.0 Å². The average molecular weight is 340 g/mol. The van der Waals surface area contributed by atoms with Crippen LogP contribution < -0.4 is 0 Å². The van der Waals surface area contributed by atoms with Crippen LogP contribution in [-0.2, 0) is 6.42 Å². The largest absolute Gasteiger partial charge is 0.388 e. The Morgan fingerprint density at radius 1 is 1.16 bits per heavy atom. The molecule has 2 unspecified atom stereocenters. The summed E-state index contributed by atoms with van der Waals surface area (Å²) < 4.78 is 0.970. The molecule has 1 nitrogen and oxygen atoms in total. The van der Waals surface area contributed by atoms with Crippen LogP contribution in [0.4, 0.5) is 0 Å². The first-order valence-electron chi connectivity index (χ1n) is 6.25. The number of aliphatic hydroxyl groups is 1. The Labute approximate surface area is 127 Å². The Morgan fingerprint density at radius 2 is 1.84 bits per heavy atom. The second-order valence-electron chi connectivity index (χ2n) is 4.77. The topological polar surface area (TPSA) is 20.2 Å².